The Labute approximate surface area is 196 Å². The number of rotatable bonds is 7. The molecule has 0 radical (unpaired) electrons. The molecule has 2 amide bonds. The normalized spacial score (nSPS) is 12.2. The van der Waals surface area contributed by atoms with Gasteiger partial charge < -0.3 is 34.2 Å². The number of ether oxygens (including phenoxy) is 1. The maximum absolute atomic E-state index is 12.8. The summed E-state index contributed by atoms with van der Waals surface area (Å²) in [4.78, 5) is 40.1. The Kier molecular flexibility index (Phi) is 6.82. The highest BCUT2D eigenvalue weighted by atomic mass is 16.6. The lowest BCUT2D eigenvalue weighted by Gasteiger charge is -2.19. The van der Waals surface area contributed by atoms with Crippen molar-refractivity contribution in [3.05, 3.63) is 47.9 Å². The van der Waals surface area contributed by atoms with Crippen molar-refractivity contribution in [2.75, 3.05) is 16.0 Å². The maximum atomic E-state index is 12.8. The van der Waals surface area contributed by atoms with Gasteiger partial charge in [0.15, 0.2) is 24.2 Å². The quantitative estimate of drug-likeness (QED) is 0.306. The van der Waals surface area contributed by atoms with E-state index in [0.29, 0.717) is 23.4 Å². The number of amides is 2. The molecule has 1 atom stereocenters. The Balaban J connectivity index is 1.67. The highest BCUT2D eigenvalue weighted by Crippen LogP contribution is 2.21. The minimum atomic E-state index is -1.18. The fourth-order valence-corrected chi connectivity index (χ4v) is 3.26. The van der Waals surface area contributed by atoms with Crippen LogP contribution >= 0.6 is 0 Å². The molecule has 3 aromatic heterocycles. The van der Waals surface area contributed by atoms with E-state index >= 15 is 0 Å². The molecule has 0 aliphatic rings. The molecular weight excluding hydrogens is 442 g/mol. The number of imidazole rings is 1. The molecule has 34 heavy (non-hydrogen) atoms. The molecule has 12 heteroatoms. The summed E-state index contributed by atoms with van der Waals surface area (Å²) in [5.41, 5.74) is 1.03. The fraction of sp³-hybridized carbons (Fsp3) is 0.364. The second kappa shape index (κ2) is 9.43. The van der Waals surface area contributed by atoms with E-state index in [4.69, 9.17) is 4.74 Å². The molecule has 12 nitrogen and oxygen atoms in total. The number of aldehydes is 1. The molecule has 0 spiro atoms. The second-order valence-corrected chi connectivity index (χ2v) is 8.83. The predicted molar refractivity (Wildman–Crippen MR) is 126 cm³/mol. The number of nitrogens with one attached hydrogen (secondary N) is 3. The van der Waals surface area contributed by atoms with Crippen LogP contribution in [0.4, 0.5) is 22.0 Å². The summed E-state index contributed by atoms with van der Waals surface area (Å²) in [7, 11) is 5.06. The van der Waals surface area contributed by atoms with Gasteiger partial charge in [-0.3, -0.25) is 14.9 Å². The summed E-state index contributed by atoms with van der Waals surface area (Å²) < 4.78 is 9.97. The highest BCUT2D eigenvalue weighted by Gasteiger charge is 2.20. The predicted octanol–water partition coefficient (Wildman–Crippen LogP) is 2.61. The molecule has 0 aliphatic heterocycles. The van der Waals surface area contributed by atoms with E-state index in [1.807, 2.05) is 0 Å². The van der Waals surface area contributed by atoms with Crippen LogP contribution in [0.1, 0.15) is 53.8 Å². The van der Waals surface area contributed by atoms with Crippen molar-refractivity contribution in [3.63, 3.8) is 0 Å². The van der Waals surface area contributed by atoms with Crippen LogP contribution in [0.15, 0.2) is 30.7 Å². The third-order valence-corrected chi connectivity index (χ3v) is 4.75. The van der Waals surface area contributed by atoms with Crippen LogP contribution in [0.3, 0.4) is 0 Å². The summed E-state index contributed by atoms with van der Waals surface area (Å²) >= 11 is 0. The fourth-order valence-electron chi connectivity index (χ4n) is 3.26. The first-order chi connectivity index (χ1) is 15.9. The molecule has 182 valence electrons. The number of aliphatic hydroxyl groups is 1. The van der Waals surface area contributed by atoms with Gasteiger partial charge in [-0.1, -0.05) is 0 Å². The van der Waals surface area contributed by atoms with Gasteiger partial charge in [-0.2, -0.15) is 0 Å². The van der Waals surface area contributed by atoms with Crippen LogP contribution in [0.5, 0.6) is 0 Å². The van der Waals surface area contributed by atoms with E-state index in [0.717, 1.165) is 0 Å². The third kappa shape index (κ3) is 5.84. The van der Waals surface area contributed by atoms with Gasteiger partial charge in [0.05, 0.1) is 17.1 Å². The molecule has 3 aromatic rings. The van der Waals surface area contributed by atoms with Crippen molar-refractivity contribution in [2.45, 2.75) is 32.6 Å². The van der Waals surface area contributed by atoms with Crippen molar-refractivity contribution in [1.82, 2.24) is 18.7 Å². The van der Waals surface area contributed by atoms with Gasteiger partial charge in [0, 0.05) is 39.7 Å². The number of aliphatic hydroxyl groups excluding tert-OH is 1. The van der Waals surface area contributed by atoms with Crippen molar-refractivity contribution in [3.8, 4) is 0 Å². The van der Waals surface area contributed by atoms with Crippen LogP contribution in [0, 0.1) is 0 Å². The van der Waals surface area contributed by atoms with Gasteiger partial charge in [0.2, 0.25) is 0 Å². The van der Waals surface area contributed by atoms with E-state index in [1.54, 1.807) is 80.3 Å². The summed E-state index contributed by atoms with van der Waals surface area (Å²) in [6.45, 7) is 5.27. The van der Waals surface area contributed by atoms with Crippen molar-refractivity contribution >= 4 is 35.5 Å². The molecule has 3 rings (SSSR count). The number of aryl methyl sites for hydroxylation is 3. The van der Waals surface area contributed by atoms with Crippen LogP contribution in [0.2, 0.25) is 0 Å². The number of anilines is 3. The van der Waals surface area contributed by atoms with Crippen LogP contribution in [0.25, 0.3) is 0 Å². The van der Waals surface area contributed by atoms with Gasteiger partial charge in [-0.05, 0) is 32.9 Å². The van der Waals surface area contributed by atoms with Crippen molar-refractivity contribution in [2.24, 2.45) is 21.1 Å². The number of hydrogen-bond acceptors (Lipinski definition) is 7. The standard InChI is InChI=1S/C22H29N7O5/c1-22(2,3)34-21(33)24-14-8-16(28(5)10-14)19(31)26-17-11-29(6)18(25-17)20(32)23-13-7-15(12-30)27(4)9-13/h7-12,20,23,32H,1-6H3,(H,24,33)(H,26,31). The van der Waals surface area contributed by atoms with E-state index in [-0.39, 0.29) is 17.3 Å². The topological polar surface area (TPSA) is 144 Å². The van der Waals surface area contributed by atoms with E-state index in [9.17, 15) is 19.5 Å². The average molecular weight is 472 g/mol. The first-order valence-electron chi connectivity index (χ1n) is 10.4. The number of carbonyl (C=O) groups is 3. The average Bonchev–Trinajstić information content (AvgIpc) is 3.36. The minimum absolute atomic E-state index is 0.229. The summed E-state index contributed by atoms with van der Waals surface area (Å²) in [5, 5.41) is 18.7. The van der Waals surface area contributed by atoms with Crippen LogP contribution in [-0.2, 0) is 25.9 Å². The van der Waals surface area contributed by atoms with Crippen LogP contribution < -0.4 is 16.0 Å². The Morgan fingerprint density at radius 1 is 1.03 bits per heavy atom. The Morgan fingerprint density at radius 3 is 2.32 bits per heavy atom. The number of aromatic nitrogens is 4. The van der Waals surface area contributed by atoms with Crippen LogP contribution in [-0.4, -0.2) is 47.7 Å². The summed E-state index contributed by atoms with van der Waals surface area (Å²) in [6, 6.07) is 3.11. The zero-order chi connectivity index (χ0) is 25.2. The first kappa shape index (κ1) is 24.6. The van der Waals surface area contributed by atoms with Crippen molar-refractivity contribution in [1.29, 1.82) is 0 Å². The molecular formula is C22H29N7O5. The number of hydrogen-bond donors (Lipinski definition) is 4. The Hall–Kier alpha value is -4.06. The van der Waals surface area contributed by atoms with Gasteiger partial charge in [-0.25, -0.2) is 9.78 Å². The minimum Gasteiger partial charge on any atom is -0.444 e. The lowest BCUT2D eigenvalue weighted by atomic mass is 10.2. The number of carbonyl (C=O) groups excluding carboxylic acids is 3. The monoisotopic (exact) mass is 471 g/mol. The molecule has 0 aliphatic carbocycles. The zero-order valence-electron chi connectivity index (χ0n) is 19.9. The van der Waals surface area contributed by atoms with E-state index < -0.39 is 23.8 Å². The van der Waals surface area contributed by atoms with Gasteiger partial charge in [0.1, 0.15) is 11.3 Å². The lowest BCUT2D eigenvalue weighted by Crippen LogP contribution is -2.27. The van der Waals surface area contributed by atoms with E-state index in [2.05, 4.69) is 20.9 Å². The molecule has 1 unspecified atom stereocenters. The first-order valence-corrected chi connectivity index (χ1v) is 10.4. The molecule has 0 bridgehead atoms. The van der Waals surface area contributed by atoms with Gasteiger partial charge in [0.25, 0.3) is 5.91 Å². The second-order valence-electron chi connectivity index (χ2n) is 8.83. The van der Waals surface area contributed by atoms with Gasteiger partial charge >= 0.3 is 6.09 Å². The summed E-state index contributed by atoms with van der Waals surface area (Å²) in [6.07, 6.45) is 3.71. The Bertz CT molecular complexity index is 1220. The number of nitrogens with zero attached hydrogens (tertiary/aromatic N) is 4. The smallest absolute Gasteiger partial charge is 0.412 e. The molecule has 4 N–H and O–H groups in total. The lowest BCUT2D eigenvalue weighted by molar-refractivity contribution is 0.0635. The largest absolute Gasteiger partial charge is 0.444 e. The summed E-state index contributed by atoms with van der Waals surface area (Å²) in [5.74, 6) is 0.0318. The molecule has 3 heterocycles. The zero-order valence-corrected chi connectivity index (χ0v) is 19.9. The van der Waals surface area contributed by atoms with Gasteiger partial charge in [-0.15, -0.1) is 0 Å². The van der Waals surface area contributed by atoms with Crippen molar-refractivity contribution < 1.29 is 24.2 Å². The molecule has 0 fully saturated rings. The molecule has 0 aromatic carbocycles. The highest BCUT2D eigenvalue weighted by molar-refractivity contribution is 6.03. The maximum Gasteiger partial charge on any atom is 0.412 e. The SMILES string of the molecule is Cn1cc(NC(O)c2nc(NC(=O)c3cc(NC(=O)OC(C)(C)C)cn3C)cn2C)cc1C=O. The molecule has 0 saturated heterocycles. The molecule has 0 saturated carbocycles. The Morgan fingerprint density at radius 2 is 1.71 bits per heavy atom. The third-order valence-electron chi connectivity index (χ3n) is 4.75. The van der Waals surface area contributed by atoms with E-state index in [1.165, 1.54) is 6.07 Å².